The van der Waals surface area contributed by atoms with Gasteiger partial charge in [-0.1, -0.05) is 11.6 Å². The van der Waals surface area contributed by atoms with Gasteiger partial charge in [-0.15, -0.1) is 0 Å². The Balaban J connectivity index is 1.63. The molecular formula is C17H15ClF3N3O3. The van der Waals surface area contributed by atoms with Crippen molar-refractivity contribution in [2.45, 2.75) is 6.18 Å². The molecule has 0 saturated carbocycles. The van der Waals surface area contributed by atoms with Gasteiger partial charge in [-0.3, -0.25) is 9.59 Å². The smallest absolute Gasteiger partial charge is 0.459 e. The molecule has 0 spiro atoms. The third kappa shape index (κ3) is 4.36. The van der Waals surface area contributed by atoms with Gasteiger partial charge >= 0.3 is 12.1 Å². The standard InChI is InChI=1S/C17H15ClF3N3O3/c18-12-10-11(22-15(25)14-2-1-9-27-14)3-4-13(12)23-5-7-24(8-6-23)16(26)17(19,20)21/h1-4,9-10H,5-8H2,(H,22,25). The van der Waals surface area contributed by atoms with Crippen molar-refractivity contribution in [1.29, 1.82) is 0 Å². The third-order valence-electron chi connectivity index (χ3n) is 4.10. The number of furan rings is 1. The van der Waals surface area contributed by atoms with E-state index in [0.717, 1.165) is 4.90 Å². The fourth-order valence-corrected chi connectivity index (χ4v) is 3.07. The van der Waals surface area contributed by atoms with E-state index in [-0.39, 0.29) is 31.9 Å². The number of piperazine rings is 1. The summed E-state index contributed by atoms with van der Waals surface area (Å²) in [5.41, 5.74) is 1.07. The summed E-state index contributed by atoms with van der Waals surface area (Å²) in [7, 11) is 0. The lowest BCUT2D eigenvalue weighted by atomic mass is 10.2. The first kappa shape index (κ1) is 19.1. The third-order valence-corrected chi connectivity index (χ3v) is 4.40. The summed E-state index contributed by atoms with van der Waals surface area (Å²) in [5.74, 6) is -2.10. The minimum atomic E-state index is -4.87. The fraction of sp³-hybridized carbons (Fsp3) is 0.294. The second-order valence-electron chi connectivity index (χ2n) is 5.87. The van der Waals surface area contributed by atoms with E-state index < -0.39 is 18.0 Å². The molecule has 2 heterocycles. The van der Waals surface area contributed by atoms with E-state index in [0.29, 0.717) is 16.4 Å². The Morgan fingerprint density at radius 3 is 2.37 bits per heavy atom. The Morgan fingerprint density at radius 2 is 1.81 bits per heavy atom. The highest BCUT2D eigenvalue weighted by Gasteiger charge is 2.43. The second-order valence-corrected chi connectivity index (χ2v) is 6.28. The van der Waals surface area contributed by atoms with Crippen molar-refractivity contribution in [3.63, 3.8) is 0 Å². The number of alkyl halides is 3. The van der Waals surface area contributed by atoms with Crippen molar-refractivity contribution >= 4 is 34.8 Å². The van der Waals surface area contributed by atoms with E-state index in [1.54, 1.807) is 29.2 Å². The molecule has 27 heavy (non-hydrogen) atoms. The Bertz CT molecular complexity index is 832. The van der Waals surface area contributed by atoms with Crippen molar-refractivity contribution in [2.75, 3.05) is 36.4 Å². The van der Waals surface area contributed by atoms with Crippen molar-refractivity contribution in [2.24, 2.45) is 0 Å². The molecule has 6 nitrogen and oxygen atoms in total. The number of rotatable bonds is 3. The Hall–Kier alpha value is -2.68. The quantitative estimate of drug-likeness (QED) is 0.856. The van der Waals surface area contributed by atoms with Gasteiger partial charge in [0.2, 0.25) is 0 Å². The van der Waals surface area contributed by atoms with Crippen LogP contribution in [0, 0.1) is 0 Å². The number of benzene rings is 1. The van der Waals surface area contributed by atoms with Gasteiger partial charge in [0.05, 0.1) is 17.0 Å². The minimum absolute atomic E-state index is 0.0499. The van der Waals surface area contributed by atoms with E-state index in [4.69, 9.17) is 16.0 Å². The molecule has 0 unspecified atom stereocenters. The number of carbonyl (C=O) groups excluding carboxylic acids is 2. The zero-order chi connectivity index (χ0) is 19.6. The number of hydrogen-bond donors (Lipinski definition) is 1. The molecule has 1 fully saturated rings. The van der Waals surface area contributed by atoms with Gasteiger partial charge in [-0.05, 0) is 30.3 Å². The van der Waals surface area contributed by atoms with Crippen LogP contribution in [0.5, 0.6) is 0 Å². The van der Waals surface area contributed by atoms with Crippen LogP contribution in [-0.2, 0) is 4.79 Å². The summed E-state index contributed by atoms with van der Waals surface area (Å²) in [6.45, 7) is 0.344. The highest BCUT2D eigenvalue weighted by Crippen LogP contribution is 2.30. The molecule has 1 aromatic heterocycles. The van der Waals surface area contributed by atoms with Crippen LogP contribution in [0.15, 0.2) is 41.0 Å². The number of carbonyl (C=O) groups is 2. The van der Waals surface area contributed by atoms with Crippen LogP contribution in [0.2, 0.25) is 5.02 Å². The molecular weight excluding hydrogens is 387 g/mol. The zero-order valence-corrected chi connectivity index (χ0v) is 14.7. The monoisotopic (exact) mass is 401 g/mol. The normalized spacial score (nSPS) is 15.0. The average molecular weight is 402 g/mol. The Kier molecular flexibility index (Phi) is 5.31. The summed E-state index contributed by atoms with van der Waals surface area (Å²) in [4.78, 5) is 25.8. The van der Waals surface area contributed by atoms with E-state index >= 15 is 0 Å². The minimum Gasteiger partial charge on any atom is -0.459 e. The highest BCUT2D eigenvalue weighted by atomic mass is 35.5. The predicted octanol–water partition coefficient (Wildman–Crippen LogP) is 3.40. The maximum absolute atomic E-state index is 12.5. The predicted molar refractivity (Wildman–Crippen MR) is 93.0 cm³/mol. The summed E-state index contributed by atoms with van der Waals surface area (Å²) >= 11 is 6.27. The molecule has 0 atom stereocenters. The maximum Gasteiger partial charge on any atom is 0.471 e. The van der Waals surface area contributed by atoms with Crippen molar-refractivity contribution in [3.8, 4) is 0 Å². The van der Waals surface area contributed by atoms with Gasteiger partial charge in [0.15, 0.2) is 5.76 Å². The molecule has 0 aliphatic carbocycles. The van der Waals surface area contributed by atoms with Crippen molar-refractivity contribution < 1.29 is 27.2 Å². The second kappa shape index (κ2) is 7.51. The van der Waals surface area contributed by atoms with Gasteiger partial charge in [0.25, 0.3) is 5.91 Å². The van der Waals surface area contributed by atoms with Gasteiger partial charge in [-0.25, -0.2) is 0 Å². The lowest BCUT2D eigenvalue weighted by Gasteiger charge is -2.36. The SMILES string of the molecule is O=C(Nc1ccc(N2CCN(C(=O)C(F)(F)F)CC2)c(Cl)c1)c1ccco1. The Morgan fingerprint density at radius 1 is 1.11 bits per heavy atom. The van der Waals surface area contributed by atoms with Crippen LogP contribution < -0.4 is 10.2 Å². The van der Waals surface area contributed by atoms with Gasteiger partial charge in [-0.2, -0.15) is 13.2 Å². The molecule has 0 radical (unpaired) electrons. The molecule has 1 saturated heterocycles. The number of anilines is 2. The van der Waals surface area contributed by atoms with E-state index in [9.17, 15) is 22.8 Å². The summed E-state index contributed by atoms with van der Waals surface area (Å²) < 4.78 is 42.5. The van der Waals surface area contributed by atoms with Crippen LogP contribution in [0.3, 0.4) is 0 Å². The first-order chi connectivity index (χ1) is 12.8. The first-order valence-electron chi connectivity index (χ1n) is 8.01. The van der Waals surface area contributed by atoms with Crippen LogP contribution in [0.4, 0.5) is 24.5 Å². The molecule has 3 rings (SSSR count). The van der Waals surface area contributed by atoms with Gasteiger partial charge in [0, 0.05) is 31.9 Å². The molecule has 0 bridgehead atoms. The number of halogens is 4. The Labute approximate surface area is 157 Å². The van der Waals surface area contributed by atoms with E-state index in [1.165, 1.54) is 12.3 Å². The van der Waals surface area contributed by atoms with Gasteiger partial charge < -0.3 is 19.5 Å². The van der Waals surface area contributed by atoms with E-state index in [2.05, 4.69) is 5.32 Å². The van der Waals surface area contributed by atoms with Crippen LogP contribution in [0.25, 0.3) is 0 Å². The maximum atomic E-state index is 12.5. The number of hydrogen-bond acceptors (Lipinski definition) is 4. The van der Waals surface area contributed by atoms with Crippen LogP contribution in [0.1, 0.15) is 10.6 Å². The molecule has 1 aliphatic rings. The number of amides is 2. The lowest BCUT2D eigenvalue weighted by molar-refractivity contribution is -0.185. The molecule has 10 heteroatoms. The lowest BCUT2D eigenvalue weighted by Crippen LogP contribution is -2.52. The summed E-state index contributed by atoms with van der Waals surface area (Å²) in [6.07, 6.45) is -3.48. The van der Waals surface area contributed by atoms with E-state index in [1.807, 2.05) is 0 Å². The topological polar surface area (TPSA) is 65.8 Å². The molecule has 2 amide bonds. The van der Waals surface area contributed by atoms with Crippen molar-refractivity contribution in [3.05, 3.63) is 47.4 Å². The number of nitrogens with one attached hydrogen (secondary N) is 1. The molecule has 1 aliphatic heterocycles. The van der Waals surface area contributed by atoms with Crippen LogP contribution >= 0.6 is 11.6 Å². The largest absolute Gasteiger partial charge is 0.471 e. The fourth-order valence-electron chi connectivity index (χ4n) is 2.77. The molecule has 1 aromatic carbocycles. The number of nitrogens with zero attached hydrogens (tertiary/aromatic N) is 2. The summed E-state index contributed by atoms with van der Waals surface area (Å²) in [5, 5.41) is 2.98. The zero-order valence-electron chi connectivity index (χ0n) is 13.9. The first-order valence-corrected chi connectivity index (χ1v) is 8.39. The summed E-state index contributed by atoms with van der Waals surface area (Å²) in [6, 6.07) is 7.96. The molecule has 144 valence electrons. The van der Waals surface area contributed by atoms with Crippen LogP contribution in [-0.4, -0.2) is 49.1 Å². The average Bonchev–Trinajstić information content (AvgIpc) is 3.15. The highest BCUT2D eigenvalue weighted by molar-refractivity contribution is 6.33. The molecule has 2 aromatic rings. The van der Waals surface area contributed by atoms with Gasteiger partial charge in [0.1, 0.15) is 0 Å². The van der Waals surface area contributed by atoms with Crippen molar-refractivity contribution in [1.82, 2.24) is 4.90 Å². The molecule has 1 N–H and O–H groups in total.